The van der Waals surface area contributed by atoms with E-state index in [-0.39, 0.29) is 11.3 Å². The highest BCUT2D eigenvalue weighted by molar-refractivity contribution is 5.82. The molecule has 0 heterocycles. The SMILES string of the molecule is CC1(C(=O)NCC2CCC(N)CC2)CCCC1. The first-order valence-corrected chi connectivity index (χ1v) is 7.14. The molecule has 3 N–H and O–H groups in total. The Hall–Kier alpha value is -0.570. The second kappa shape index (κ2) is 5.38. The Bertz CT molecular complexity index is 263. The minimum absolute atomic E-state index is 0.0783. The van der Waals surface area contributed by atoms with Crippen LogP contribution in [-0.4, -0.2) is 18.5 Å². The van der Waals surface area contributed by atoms with Gasteiger partial charge in [-0.05, 0) is 44.4 Å². The lowest BCUT2D eigenvalue weighted by Crippen LogP contribution is -2.40. The van der Waals surface area contributed by atoms with E-state index in [1.807, 2.05) is 0 Å². The van der Waals surface area contributed by atoms with E-state index in [1.54, 1.807) is 0 Å². The molecule has 0 unspecified atom stereocenters. The van der Waals surface area contributed by atoms with Gasteiger partial charge >= 0.3 is 0 Å². The van der Waals surface area contributed by atoms with Crippen LogP contribution in [0.2, 0.25) is 0 Å². The first kappa shape index (κ1) is 12.9. The molecule has 0 aromatic heterocycles. The Balaban J connectivity index is 1.72. The molecule has 2 rings (SSSR count). The molecule has 3 nitrogen and oxygen atoms in total. The van der Waals surface area contributed by atoms with E-state index in [1.165, 1.54) is 25.7 Å². The maximum atomic E-state index is 12.1. The minimum atomic E-state index is -0.0783. The number of amides is 1. The molecule has 17 heavy (non-hydrogen) atoms. The molecule has 98 valence electrons. The molecule has 0 radical (unpaired) electrons. The highest BCUT2D eigenvalue weighted by atomic mass is 16.2. The van der Waals surface area contributed by atoms with Gasteiger partial charge in [-0.25, -0.2) is 0 Å². The van der Waals surface area contributed by atoms with Crippen molar-refractivity contribution in [3.05, 3.63) is 0 Å². The largest absolute Gasteiger partial charge is 0.355 e. The molecule has 0 aromatic rings. The zero-order chi connectivity index (χ0) is 12.3. The first-order chi connectivity index (χ1) is 8.10. The van der Waals surface area contributed by atoms with E-state index in [0.29, 0.717) is 12.0 Å². The zero-order valence-corrected chi connectivity index (χ0v) is 11.0. The van der Waals surface area contributed by atoms with Crippen LogP contribution in [0.15, 0.2) is 0 Å². The van der Waals surface area contributed by atoms with Crippen molar-refractivity contribution in [2.75, 3.05) is 6.54 Å². The monoisotopic (exact) mass is 238 g/mol. The van der Waals surface area contributed by atoms with Crippen LogP contribution in [0, 0.1) is 11.3 Å². The predicted octanol–water partition coefficient (Wildman–Crippen LogP) is 2.20. The number of nitrogens with one attached hydrogen (secondary N) is 1. The summed E-state index contributed by atoms with van der Waals surface area (Å²) in [5.74, 6) is 0.939. The summed E-state index contributed by atoms with van der Waals surface area (Å²) in [6.45, 7) is 2.98. The van der Waals surface area contributed by atoms with Gasteiger partial charge in [0.2, 0.25) is 5.91 Å². The number of hydrogen-bond donors (Lipinski definition) is 2. The van der Waals surface area contributed by atoms with E-state index in [9.17, 15) is 4.79 Å². The third-order valence-electron chi connectivity index (χ3n) is 4.70. The van der Waals surface area contributed by atoms with E-state index >= 15 is 0 Å². The van der Waals surface area contributed by atoms with Crippen LogP contribution in [0.4, 0.5) is 0 Å². The summed E-state index contributed by atoms with van der Waals surface area (Å²) in [5.41, 5.74) is 5.81. The van der Waals surface area contributed by atoms with Gasteiger partial charge in [0, 0.05) is 18.0 Å². The molecule has 0 aliphatic heterocycles. The van der Waals surface area contributed by atoms with E-state index in [0.717, 1.165) is 32.2 Å². The molecule has 0 aromatic carbocycles. The fourth-order valence-corrected chi connectivity index (χ4v) is 3.23. The van der Waals surface area contributed by atoms with Gasteiger partial charge in [-0.15, -0.1) is 0 Å². The van der Waals surface area contributed by atoms with Crippen molar-refractivity contribution in [1.82, 2.24) is 5.32 Å². The Morgan fingerprint density at radius 2 is 1.82 bits per heavy atom. The Labute approximate surface area is 105 Å². The van der Waals surface area contributed by atoms with Gasteiger partial charge < -0.3 is 11.1 Å². The van der Waals surface area contributed by atoms with Crippen molar-refractivity contribution in [2.24, 2.45) is 17.1 Å². The second-order valence-corrected chi connectivity index (χ2v) is 6.26. The van der Waals surface area contributed by atoms with Crippen LogP contribution < -0.4 is 11.1 Å². The first-order valence-electron chi connectivity index (χ1n) is 7.14. The van der Waals surface area contributed by atoms with Gasteiger partial charge in [-0.2, -0.15) is 0 Å². The van der Waals surface area contributed by atoms with Gasteiger partial charge in [0.25, 0.3) is 0 Å². The van der Waals surface area contributed by atoms with Crippen LogP contribution in [0.25, 0.3) is 0 Å². The van der Waals surface area contributed by atoms with Crippen molar-refractivity contribution in [3.8, 4) is 0 Å². The standard InChI is InChI=1S/C14H26N2O/c1-14(8-2-3-9-14)13(17)16-10-11-4-6-12(15)7-5-11/h11-12H,2-10,15H2,1H3,(H,16,17). The molecule has 0 saturated heterocycles. The summed E-state index contributed by atoms with van der Waals surface area (Å²) in [6.07, 6.45) is 9.15. The molecule has 2 aliphatic carbocycles. The van der Waals surface area contributed by atoms with Crippen molar-refractivity contribution in [1.29, 1.82) is 0 Å². The summed E-state index contributed by atoms with van der Waals surface area (Å²) >= 11 is 0. The Kier molecular flexibility index (Phi) is 4.08. The highest BCUT2D eigenvalue weighted by Crippen LogP contribution is 2.37. The lowest BCUT2D eigenvalue weighted by Gasteiger charge is -2.28. The van der Waals surface area contributed by atoms with Crippen molar-refractivity contribution >= 4 is 5.91 Å². The average molecular weight is 238 g/mol. The van der Waals surface area contributed by atoms with Gasteiger partial charge in [0.05, 0.1) is 0 Å². The smallest absolute Gasteiger partial charge is 0.225 e. The predicted molar refractivity (Wildman–Crippen MR) is 69.5 cm³/mol. The molecule has 1 amide bonds. The molecule has 0 spiro atoms. The summed E-state index contributed by atoms with van der Waals surface area (Å²) < 4.78 is 0. The summed E-state index contributed by atoms with van der Waals surface area (Å²) in [4.78, 5) is 12.1. The minimum Gasteiger partial charge on any atom is -0.355 e. The zero-order valence-electron chi connectivity index (χ0n) is 11.0. The van der Waals surface area contributed by atoms with Crippen molar-refractivity contribution < 1.29 is 4.79 Å². The summed E-state index contributed by atoms with van der Waals surface area (Å²) in [7, 11) is 0. The normalized spacial score (nSPS) is 32.4. The molecule has 2 saturated carbocycles. The Morgan fingerprint density at radius 1 is 1.24 bits per heavy atom. The molecule has 2 fully saturated rings. The van der Waals surface area contributed by atoms with Gasteiger partial charge in [0.15, 0.2) is 0 Å². The lowest BCUT2D eigenvalue weighted by molar-refractivity contribution is -0.130. The number of carbonyl (C=O) groups is 1. The number of rotatable bonds is 3. The van der Waals surface area contributed by atoms with E-state index in [2.05, 4.69) is 12.2 Å². The fraction of sp³-hybridized carbons (Fsp3) is 0.929. The van der Waals surface area contributed by atoms with Crippen molar-refractivity contribution in [3.63, 3.8) is 0 Å². The fourth-order valence-electron chi connectivity index (χ4n) is 3.23. The molecule has 2 aliphatic rings. The molecule has 3 heteroatoms. The van der Waals surface area contributed by atoms with E-state index < -0.39 is 0 Å². The van der Waals surface area contributed by atoms with Gasteiger partial charge in [-0.1, -0.05) is 19.8 Å². The van der Waals surface area contributed by atoms with Crippen LogP contribution in [0.5, 0.6) is 0 Å². The second-order valence-electron chi connectivity index (χ2n) is 6.26. The number of carbonyl (C=O) groups excluding carboxylic acids is 1. The van der Waals surface area contributed by atoms with Crippen LogP contribution in [-0.2, 0) is 4.79 Å². The molecular formula is C14H26N2O. The maximum absolute atomic E-state index is 12.1. The van der Waals surface area contributed by atoms with Crippen LogP contribution in [0.1, 0.15) is 58.3 Å². The van der Waals surface area contributed by atoms with Gasteiger partial charge in [0.1, 0.15) is 0 Å². The molecule has 0 bridgehead atoms. The average Bonchev–Trinajstić information content (AvgIpc) is 2.76. The van der Waals surface area contributed by atoms with Crippen LogP contribution >= 0.6 is 0 Å². The van der Waals surface area contributed by atoms with E-state index in [4.69, 9.17) is 5.73 Å². The molecular weight excluding hydrogens is 212 g/mol. The molecule has 0 atom stereocenters. The highest BCUT2D eigenvalue weighted by Gasteiger charge is 2.36. The summed E-state index contributed by atoms with van der Waals surface area (Å²) in [6, 6.07) is 0.398. The van der Waals surface area contributed by atoms with Crippen LogP contribution in [0.3, 0.4) is 0 Å². The number of nitrogens with two attached hydrogens (primary N) is 1. The summed E-state index contributed by atoms with van der Waals surface area (Å²) in [5, 5.41) is 3.17. The number of hydrogen-bond acceptors (Lipinski definition) is 2. The third-order valence-corrected chi connectivity index (χ3v) is 4.70. The Morgan fingerprint density at radius 3 is 2.41 bits per heavy atom. The maximum Gasteiger partial charge on any atom is 0.225 e. The van der Waals surface area contributed by atoms with Crippen molar-refractivity contribution in [2.45, 2.75) is 64.3 Å². The lowest BCUT2D eigenvalue weighted by atomic mass is 9.85. The third kappa shape index (κ3) is 3.21. The van der Waals surface area contributed by atoms with Gasteiger partial charge in [-0.3, -0.25) is 4.79 Å². The quantitative estimate of drug-likeness (QED) is 0.792. The topological polar surface area (TPSA) is 55.1 Å².